The van der Waals surface area contributed by atoms with Gasteiger partial charge in [-0.2, -0.15) is 0 Å². The van der Waals surface area contributed by atoms with Gasteiger partial charge in [0, 0.05) is 47.5 Å². The van der Waals surface area contributed by atoms with Crippen LogP contribution in [0.2, 0.25) is 10.0 Å². The molecule has 0 aliphatic carbocycles. The van der Waals surface area contributed by atoms with E-state index in [2.05, 4.69) is 20.6 Å². The Labute approximate surface area is 149 Å². The summed E-state index contributed by atoms with van der Waals surface area (Å²) < 4.78 is 3.97. The highest BCUT2D eigenvalue weighted by molar-refractivity contribution is 6.36. The molecular formula is C18H14Cl2N4. The van der Waals surface area contributed by atoms with Crippen LogP contribution in [0.25, 0.3) is 16.7 Å². The van der Waals surface area contributed by atoms with Crippen molar-refractivity contribution in [3.8, 4) is 5.82 Å². The number of aryl methyl sites for hydroxylation is 1. The zero-order valence-electron chi connectivity index (χ0n) is 12.9. The zero-order valence-corrected chi connectivity index (χ0v) is 14.5. The minimum atomic E-state index is 0.585. The fourth-order valence-corrected chi connectivity index (χ4v) is 3.39. The predicted octanol–water partition coefficient (Wildman–Crippen LogP) is 4.66. The molecular weight excluding hydrogens is 343 g/mol. The fourth-order valence-electron chi connectivity index (χ4n) is 2.86. The fraction of sp³-hybridized carbons (Fsp3) is 0.111. The number of hydrogen-bond donors (Lipinski definition) is 0. The van der Waals surface area contributed by atoms with Crippen LogP contribution >= 0.6 is 23.2 Å². The van der Waals surface area contributed by atoms with Gasteiger partial charge in [-0.05, 0) is 29.8 Å². The molecule has 0 radical (unpaired) electrons. The van der Waals surface area contributed by atoms with Crippen molar-refractivity contribution < 1.29 is 0 Å². The molecule has 0 N–H and O–H groups in total. The van der Waals surface area contributed by atoms with Crippen LogP contribution in [0.15, 0.2) is 55.2 Å². The van der Waals surface area contributed by atoms with Gasteiger partial charge in [0.1, 0.15) is 0 Å². The summed E-state index contributed by atoms with van der Waals surface area (Å²) in [5, 5.41) is 2.38. The third-order valence-corrected chi connectivity index (χ3v) is 4.75. The molecule has 3 aromatic heterocycles. The van der Waals surface area contributed by atoms with E-state index in [9.17, 15) is 0 Å². The van der Waals surface area contributed by atoms with Gasteiger partial charge in [0.05, 0.1) is 17.5 Å². The minimum Gasteiger partial charge on any atom is -0.338 e. The van der Waals surface area contributed by atoms with Crippen LogP contribution in [-0.4, -0.2) is 19.1 Å². The Bertz CT molecular complexity index is 1010. The largest absolute Gasteiger partial charge is 0.338 e. The van der Waals surface area contributed by atoms with E-state index < -0.39 is 0 Å². The molecule has 0 unspecified atom stereocenters. The van der Waals surface area contributed by atoms with Crippen LogP contribution in [-0.2, 0) is 13.5 Å². The van der Waals surface area contributed by atoms with E-state index in [1.165, 1.54) is 0 Å². The number of pyridine rings is 1. The van der Waals surface area contributed by atoms with E-state index in [0.29, 0.717) is 16.5 Å². The number of hydrogen-bond acceptors (Lipinski definition) is 2. The zero-order chi connectivity index (χ0) is 16.7. The molecule has 0 spiro atoms. The normalized spacial score (nSPS) is 11.3. The average Bonchev–Trinajstić information content (AvgIpc) is 3.17. The van der Waals surface area contributed by atoms with E-state index >= 15 is 0 Å². The van der Waals surface area contributed by atoms with Crippen molar-refractivity contribution in [1.29, 1.82) is 0 Å². The molecule has 4 aromatic rings. The van der Waals surface area contributed by atoms with Crippen LogP contribution in [0.4, 0.5) is 0 Å². The van der Waals surface area contributed by atoms with Gasteiger partial charge in [-0.1, -0.05) is 29.3 Å². The molecule has 6 heteroatoms. The van der Waals surface area contributed by atoms with Crippen LogP contribution in [0.1, 0.15) is 11.3 Å². The number of aromatic nitrogens is 4. The first kappa shape index (κ1) is 15.2. The van der Waals surface area contributed by atoms with Gasteiger partial charge < -0.3 is 4.57 Å². The van der Waals surface area contributed by atoms with Crippen LogP contribution in [0.5, 0.6) is 0 Å². The molecule has 0 atom stereocenters. The number of imidazole rings is 1. The summed E-state index contributed by atoms with van der Waals surface area (Å²) in [7, 11) is 1.95. The Morgan fingerprint density at radius 3 is 2.54 bits per heavy atom. The molecule has 0 saturated heterocycles. The number of fused-ring (bicyclic) bond motifs is 1. The summed E-state index contributed by atoms with van der Waals surface area (Å²) in [5.41, 5.74) is 2.89. The SMILES string of the molecule is Cn1cnc(-n2ccc3c(Cc4c(Cl)cccc4Cl)nccc32)c1. The van der Waals surface area contributed by atoms with Gasteiger partial charge in [0.25, 0.3) is 0 Å². The highest BCUT2D eigenvalue weighted by Crippen LogP contribution is 2.29. The lowest BCUT2D eigenvalue weighted by atomic mass is 10.1. The van der Waals surface area contributed by atoms with Crippen molar-refractivity contribution >= 4 is 34.1 Å². The van der Waals surface area contributed by atoms with Crippen LogP contribution in [0.3, 0.4) is 0 Å². The van der Waals surface area contributed by atoms with Crippen molar-refractivity contribution in [2.75, 3.05) is 0 Å². The van der Waals surface area contributed by atoms with Crippen LogP contribution in [0, 0.1) is 0 Å². The summed E-state index contributed by atoms with van der Waals surface area (Å²) in [6.07, 6.45) is 8.16. The predicted molar refractivity (Wildman–Crippen MR) is 97.1 cm³/mol. The Balaban J connectivity index is 1.82. The summed E-state index contributed by atoms with van der Waals surface area (Å²) in [5.74, 6) is 0.875. The topological polar surface area (TPSA) is 35.6 Å². The first-order chi connectivity index (χ1) is 11.6. The molecule has 0 amide bonds. The Morgan fingerprint density at radius 2 is 1.83 bits per heavy atom. The number of rotatable bonds is 3. The molecule has 0 fully saturated rings. The maximum atomic E-state index is 6.30. The maximum absolute atomic E-state index is 6.30. The van der Waals surface area contributed by atoms with E-state index in [4.69, 9.17) is 23.2 Å². The first-order valence-electron chi connectivity index (χ1n) is 7.49. The quantitative estimate of drug-likeness (QED) is 0.535. The Hall–Kier alpha value is -2.30. The summed E-state index contributed by atoms with van der Waals surface area (Å²) in [4.78, 5) is 8.95. The lowest BCUT2D eigenvalue weighted by Crippen LogP contribution is -1.97. The molecule has 4 nitrogen and oxygen atoms in total. The highest BCUT2D eigenvalue weighted by Gasteiger charge is 2.13. The smallest absolute Gasteiger partial charge is 0.155 e. The molecule has 0 bridgehead atoms. The van der Waals surface area contributed by atoms with Gasteiger partial charge in [0.15, 0.2) is 5.82 Å². The number of nitrogens with zero attached hydrogens (tertiary/aromatic N) is 4. The summed E-state index contributed by atoms with van der Waals surface area (Å²) in [6, 6.07) is 9.59. The monoisotopic (exact) mass is 356 g/mol. The molecule has 0 aliphatic heterocycles. The third kappa shape index (κ3) is 2.58. The average molecular weight is 357 g/mol. The standard InChI is InChI=1S/C18H14Cl2N4/c1-23-10-18(22-11-23)24-8-6-12-16(21-7-5-17(12)24)9-13-14(19)3-2-4-15(13)20/h2-8,10-11H,9H2,1H3. The molecule has 0 saturated carbocycles. The van der Waals surface area contributed by atoms with E-state index in [1.807, 2.05) is 54.5 Å². The first-order valence-corrected chi connectivity index (χ1v) is 8.25. The van der Waals surface area contributed by atoms with Gasteiger partial charge in [-0.15, -0.1) is 0 Å². The summed E-state index contributed by atoms with van der Waals surface area (Å²) in [6.45, 7) is 0. The van der Waals surface area contributed by atoms with Crippen molar-refractivity contribution in [2.24, 2.45) is 7.05 Å². The third-order valence-electron chi connectivity index (χ3n) is 4.04. The molecule has 4 rings (SSSR count). The van der Waals surface area contributed by atoms with Gasteiger partial charge in [-0.25, -0.2) is 4.98 Å². The molecule has 120 valence electrons. The minimum absolute atomic E-state index is 0.585. The second-order valence-electron chi connectivity index (χ2n) is 5.65. The number of benzene rings is 1. The lowest BCUT2D eigenvalue weighted by Gasteiger charge is -2.08. The molecule has 24 heavy (non-hydrogen) atoms. The maximum Gasteiger partial charge on any atom is 0.155 e. The Kier molecular flexibility index (Phi) is 3.79. The van der Waals surface area contributed by atoms with E-state index in [1.54, 1.807) is 6.33 Å². The highest BCUT2D eigenvalue weighted by atomic mass is 35.5. The van der Waals surface area contributed by atoms with Gasteiger partial charge in [0.2, 0.25) is 0 Å². The van der Waals surface area contributed by atoms with Gasteiger partial charge >= 0.3 is 0 Å². The van der Waals surface area contributed by atoms with Gasteiger partial charge in [-0.3, -0.25) is 9.55 Å². The molecule has 0 aliphatic rings. The second kappa shape index (κ2) is 5.96. The Morgan fingerprint density at radius 1 is 1.04 bits per heavy atom. The van der Waals surface area contributed by atoms with Crippen molar-refractivity contribution in [1.82, 2.24) is 19.1 Å². The molecule has 1 aromatic carbocycles. The van der Waals surface area contributed by atoms with Crippen LogP contribution < -0.4 is 0 Å². The molecule has 3 heterocycles. The number of halogens is 2. The van der Waals surface area contributed by atoms with E-state index in [0.717, 1.165) is 28.0 Å². The van der Waals surface area contributed by atoms with Crippen molar-refractivity contribution in [2.45, 2.75) is 6.42 Å². The van der Waals surface area contributed by atoms with Crippen molar-refractivity contribution in [3.63, 3.8) is 0 Å². The summed E-state index contributed by atoms with van der Waals surface area (Å²) >= 11 is 12.6. The van der Waals surface area contributed by atoms with E-state index in [-0.39, 0.29) is 0 Å². The lowest BCUT2D eigenvalue weighted by molar-refractivity contribution is 0.912. The second-order valence-corrected chi connectivity index (χ2v) is 6.46. The van der Waals surface area contributed by atoms with Crippen molar-refractivity contribution in [3.05, 3.63) is 76.6 Å².